The quantitative estimate of drug-likeness (QED) is 0.634. The Morgan fingerprint density at radius 2 is 1.97 bits per heavy atom. The van der Waals surface area contributed by atoms with Crippen LogP contribution in [-0.4, -0.2) is 39.5 Å². The van der Waals surface area contributed by atoms with E-state index in [2.05, 4.69) is 45.1 Å². The topological polar surface area (TPSA) is 45.5 Å². The van der Waals surface area contributed by atoms with Crippen LogP contribution in [0.1, 0.15) is 75.9 Å². The van der Waals surface area contributed by atoms with Crippen LogP contribution in [0.3, 0.4) is 0 Å². The number of piperidine rings is 1. The van der Waals surface area contributed by atoms with Crippen molar-refractivity contribution in [2.24, 2.45) is 4.99 Å². The largest absolute Gasteiger partial charge is 0.371 e. The number of likely N-dealkylation sites (tertiary alicyclic amines) is 1. The number of benzene rings is 1. The number of aromatic nitrogens is 2. The molecule has 1 unspecified atom stereocenters. The summed E-state index contributed by atoms with van der Waals surface area (Å²) in [5, 5.41) is 8.31. The molecule has 2 fully saturated rings. The lowest BCUT2D eigenvalue weighted by Crippen LogP contribution is -2.43. The minimum atomic E-state index is 0.104. The molecular formula is C24H33N5. The van der Waals surface area contributed by atoms with E-state index in [0.29, 0.717) is 11.6 Å². The van der Waals surface area contributed by atoms with E-state index in [9.17, 15) is 0 Å². The van der Waals surface area contributed by atoms with E-state index in [1.165, 1.54) is 70.0 Å². The number of hydrogen-bond acceptors (Lipinski definition) is 4. The molecule has 5 heteroatoms. The van der Waals surface area contributed by atoms with Gasteiger partial charge in [0, 0.05) is 36.6 Å². The predicted octanol–water partition coefficient (Wildman–Crippen LogP) is 5.50. The third-order valence-corrected chi connectivity index (χ3v) is 7.14. The van der Waals surface area contributed by atoms with Crippen molar-refractivity contribution in [3.05, 3.63) is 42.2 Å². The minimum absolute atomic E-state index is 0.104. The Labute approximate surface area is 174 Å². The van der Waals surface area contributed by atoms with Crippen molar-refractivity contribution >= 4 is 17.6 Å². The van der Waals surface area contributed by atoms with E-state index in [1.807, 2.05) is 24.5 Å². The molecule has 1 atom stereocenters. The molecule has 0 amide bonds. The normalized spacial score (nSPS) is 23.6. The van der Waals surface area contributed by atoms with Crippen LogP contribution in [0.25, 0.3) is 0 Å². The van der Waals surface area contributed by atoms with Crippen LogP contribution in [0.4, 0.5) is 11.4 Å². The molecule has 0 spiro atoms. The summed E-state index contributed by atoms with van der Waals surface area (Å²) in [6.07, 6.45) is 17.0. The van der Waals surface area contributed by atoms with E-state index in [0.717, 1.165) is 11.4 Å². The lowest BCUT2D eigenvalue weighted by Gasteiger charge is -2.38. The minimum Gasteiger partial charge on any atom is -0.371 e. The molecule has 1 N–H and O–H groups in total. The van der Waals surface area contributed by atoms with Crippen LogP contribution < -0.4 is 5.32 Å². The van der Waals surface area contributed by atoms with Crippen molar-refractivity contribution in [3.8, 4) is 0 Å². The van der Waals surface area contributed by atoms with Crippen LogP contribution in [0.2, 0.25) is 0 Å². The Bertz CT molecular complexity index is 858. The third kappa shape index (κ3) is 3.85. The zero-order valence-electron chi connectivity index (χ0n) is 17.6. The highest BCUT2D eigenvalue weighted by molar-refractivity contribution is 5.83. The van der Waals surface area contributed by atoms with Crippen molar-refractivity contribution in [2.45, 2.75) is 75.9 Å². The van der Waals surface area contributed by atoms with Crippen molar-refractivity contribution in [3.63, 3.8) is 0 Å². The predicted molar refractivity (Wildman–Crippen MR) is 119 cm³/mol. The van der Waals surface area contributed by atoms with E-state index in [-0.39, 0.29) is 6.04 Å². The fourth-order valence-corrected chi connectivity index (χ4v) is 5.13. The highest BCUT2D eigenvalue weighted by atomic mass is 15.3. The molecule has 0 bridgehead atoms. The summed E-state index contributed by atoms with van der Waals surface area (Å²) in [6, 6.07) is 8.84. The molecule has 2 aliphatic heterocycles. The van der Waals surface area contributed by atoms with Gasteiger partial charge in [0.25, 0.3) is 0 Å². The van der Waals surface area contributed by atoms with Crippen molar-refractivity contribution in [1.29, 1.82) is 0 Å². The average molecular weight is 392 g/mol. The highest BCUT2D eigenvalue weighted by Gasteiger charge is 2.47. The summed E-state index contributed by atoms with van der Waals surface area (Å²) in [6.45, 7) is 4.75. The maximum Gasteiger partial charge on any atom is 0.0901 e. The van der Waals surface area contributed by atoms with Gasteiger partial charge in [-0.15, -0.1) is 0 Å². The summed E-state index contributed by atoms with van der Waals surface area (Å²) in [4.78, 5) is 7.42. The second kappa shape index (κ2) is 7.94. The van der Waals surface area contributed by atoms with E-state index in [4.69, 9.17) is 5.10 Å². The number of aliphatic imine (C=N–C) groups is 1. The maximum absolute atomic E-state index is 4.73. The Morgan fingerprint density at radius 3 is 2.76 bits per heavy atom. The smallest absolute Gasteiger partial charge is 0.0901 e. The van der Waals surface area contributed by atoms with E-state index < -0.39 is 0 Å². The standard InChI is InChI=1S/C24H33N5/c1-2-3-6-11-24(12-13-24)28-14-9-20(10-15-28)29-18-19(16-26-29)23-17-25-21-7-4-5-8-22(21)27-23/h4-5,7-8,16-18,20,23,27H,2-3,6,9-15H2,1H3. The van der Waals surface area contributed by atoms with Gasteiger partial charge in [-0.25, -0.2) is 0 Å². The molecule has 2 aromatic rings. The lowest BCUT2D eigenvalue weighted by atomic mass is 9.98. The molecule has 1 saturated heterocycles. The average Bonchev–Trinajstić information content (AvgIpc) is 3.40. The molecule has 154 valence electrons. The molecule has 3 heterocycles. The van der Waals surface area contributed by atoms with Gasteiger partial charge in [-0.3, -0.25) is 14.6 Å². The fourth-order valence-electron chi connectivity index (χ4n) is 5.13. The Morgan fingerprint density at radius 1 is 1.14 bits per heavy atom. The van der Waals surface area contributed by atoms with Gasteiger partial charge in [-0.1, -0.05) is 38.3 Å². The molecule has 0 radical (unpaired) electrons. The number of rotatable bonds is 7. The van der Waals surface area contributed by atoms with E-state index in [1.54, 1.807) is 0 Å². The van der Waals surface area contributed by atoms with Gasteiger partial charge in [-0.2, -0.15) is 5.10 Å². The Balaban J connectivity index is 1.19. The van der Waals surface area contributed by atoms with Crippen molar-refractivity contribution in [1.82, 2.24) is 14.7 Å². The van der Waals surface area contributed by atoms with Gasteiger partial charge in [0.15, 0.2) is 0 Å². The van der Waals surface area contributed by atoms with Crippen LogP contribution in [0.5, 0.6) is 0 Å². The summed E-state index contributed by atoms with van der Waals surface area (Å²) in [7, 11) is 0. The SMILES string of the molecule is CCCCCC1(N2CCC(n3cc(C4C=Nc5ccccc5N4)cn3)CC2)CC1. The zero-order valence-corrected chi connectivity index (χ0v) is 17.6. The molecule has 1 aromatic heterocycles. The molecule has 1 aromatic carbocycles. The summed E-state index contributed by atoms with van der Waals surface area (Å²) in [5.41, 5.74) is 3.87. The van der Waals surface area contributed by atoms with Gasteiger partial charge < -0.3 is 5.32 Å². The first kappa shape index (κ1) is 18.9. The van der Waals surface area contributed by atoms with Crippen LogP contribution in [0.15, 0.2) is 41.7 Å². The summed E-state index contributed by atoms with van der Waals surface area (Å²) in [5.74, 6) is 0. The van der Waals surface area contributed by atoms with Gasteiger partial charge in [-0.05, 0) is 44.2 Å². The lowest BCUT2D eigenvalue weighted by molar-refractivity contribution is 0.108. The van der Waals surface area contributed by atoms with Crippen molar-refractivity contribution in [2.75, 3.05) is 18.4 Å². The second-order valence-corrected chi connectivity index (χ2v) is 9.07. The molecule has 29 heavy (non-hydrogen) atoms. The van der Waals surface area contributed by atoms with E-state index >= 15 is 0 Å². The number of hydrogen-bond donors (Lipinski definition) is 1. The molecule has 3 aliphatic rings. The first-order valence-corrected chi connectivity index (χ1v) is 11.5. The Hall–Kier alpha value is -2.14. The number of fused-ring (bicyclic) bond motifs is 1. The fraction of sp³-hybridized carbons (Fsp3) is 0.583. The molecule has 1 aliphatic carbocycles. The molecular weight excluding hydrogens is 358 g/mol. The summed E-state index contributed by atoms with van der Waals surface area (Å²) < 4.78 is 2.21. The van der Waals surface area contributed by atoms with Crippen molar-refractivity contribution < 1.29 is 0 Å². The summed E-state index contributed by atoms with van der Waals surface area (Å²) >= 11 is 0. The van der Waals surface area contributed by atoms with Gasteiger partial charge in [0.1, 0.15) is 0 Å². The second-order valence-electron chi connectivity index (χ2n) is 9.07. The third-order valence-electron chi connectivity index (χ3n) is 7.14. The highest BCUT2D eigenvalue weighted by Crippen LogP contribution is 2.47. The van der Waals surface area contributed by atoms with Gasteiger partial charge in [0.2, 0.25) is 0 Å². The number of anilines is 1. The number of unbranched alkanes of at least 4 members (excludes halogenated alkanes) is 2. The maximum atomic E-state index is 4.73. The van der Waals surface area contributed by atoms with Gasteiger partial charge >= 0.3 is 0 Å². The molecule has 1 saturated carbocycles. The molecule has 5 rings (SSSR count). The molecule has 5 nitrogen and oxygen atoms in total. The number of nitrogens with one attached hydrogen (secondary N) is 1. The van der Waals surface area contributed by atoms with Crippen LogP contribution in [-0.2, 0) is 0 Å². The van der Waals surface area contributed by atoms with Crippen LogP contribution >= 0.6 is 0 Å². The monoisotopic (exact) mass is 391 g/mol. The first-order valence-electron chi connectivity index (χ1n) is 11.5. The number of para-hydroxylation sites is 2. The Kier molecular flexibility index (Phi) is 5.17. The zero-order chi connectivity index (χ0) is 19.7. The number of nitrogens with zero attached hydrogens (tertiary/aromatic N) is 4. The van der Waals surface area contributed by atoms with Crippen LogP contribution in [0, 0.1) is 0 Å². The first-order chi connectivity index (χ1) is 14.3. The van der Waals surface area contributed by atoms with Gasteiger partial charge in [0.05, 0.1) is 29.7 Å².